The monoisotopic (exact) mass is 391 g/mol. The Kier molecular flexibility index (Phi) is 15.0. The van der Waals surface area contributed by atoms with Gasteiger partial charge in [0.2, 0.25) is 0 Å². The maximum absolute atomic E-state index is 12.5. The second kappa shape index (κ2) is 16.8. The van der Waals surface area contributed by atoms with Gasteiger partial charge in [-0.1, -0.05) is 77.4 Å². The van der Waals surface area contributed by atoms with Gasteiger partial charge in [-0.15, -0.1) is 0 Å². The van der Waals surface area contributed by atoms with Gasteiger partial charge in [0.15, 0.2) is 0 Å². The molecule has 0 spiro atoms. The number of amidine groups is 1. The zero-order valence-corrected chi connectivity index (χ0v) is 19.2. The lowest BCUT2D eigenvalue weighted by molar-refractivity contribution is -0.515. The molecular weight excluding hydrogens is 344 g/mol. The number of unbranched alkanes of at least 4 members (excludes halogenated alkanes) is 11. The average Bonchev–Trinajstić information content (AvgIpc) is 3.14. The van der Waals surface area contributed by atoms with Gasteiger partial charge in [-0.2, -0.15) is 4.90 Å². The molecule has 1 rings (SSSR count). The van der Waals surface area contributed by atoms with Gasteiger partial charge in [-0.25, -0.2) is 4.79 Å². The smallest absolute Gasteiger partial charge is 0.262 e. The number of likely N-dealkylation sites (N-methyl/N-ethyl adjacent to an activating group) is 1. The average molecular weight is 392 g/mol. The molecule has 28 heavy (non-hydrogen) atoms. The molecule has 3 nitrogen and oxygen atoms in total. The molecule has 0 aliphatic carbocycles. The highest BCUT2D eigenvalue weighted by Gasteiger charge is 2.33. The normalized spacial score (nSPS) is 14.6. The molecule has 1 heterocycles. The topological polar surface area (TPSA) is 23.3 Å². The first-order valence-electron chi connectivity index (χ1n) is 12.3. The summed E-state index contributed by atoms with van der Waals surface area (Å²) in [5.74, 6) is 1.57. The van der Waals surface area contributed by atoms with Crippen molar-refractivity contribution in [2.45, 2.75) is 117 Å². The molecule has 1 aliphatic rings. The summed E-state index contributed by atoms with van der Waals surface area (Å²) in [5, 5.41) is 0. The van der Waals surface area contributed by atoms with Crippen LogP contribution in [0, 0.1) is 0 Å². The summed E-state index contributed by atoms with van der Waals surface area (Å²) < 4.78 is 2.35. The van der Waals surface area contributed by atoms with Gasteiger partial charge in [0.1, 0.15) is 13.1 Å². The van der Waals surface area contributed by atoms with Crippen LogP contribution in [0.3, 0.4) is 0 Å². The van der Waals surface area contributed by atoms with E-state index in [-0.39, 0.29) is 0 Å². The van der Waals surface area contributed by atoms with Gasteiger partial charge < -0.3 is 0 Å². The van der Waals surface area contributed by atoms with Crippen molar-refractivity contribution in [3.8, 4) is 0 Å². The van der Waals surface area contributed by atoms with Crippen LogP contribution in [0.2, 0.25) is 0 Å². The molecule has 0 aromatic heterocycles. The number of allylic oxidation sites excluding steroid dienone is 2. The number of carbonyl (C=O) groups is 1. The van der Waals surface area contributed by atoms with Crippen molar-refractivity contribution in [3.05, 3.63) is 12.2 Å². The van der Waals surface area contributed by atoms with Gasteiger partial charge >= 0.3 is 5.91 Å². The molecule has 3 heteroatoms. The zero-order valence-electron chi connectivity index (χ0n) is 19.2. The summed E-state index contributed by atoms with van der Waals surface area (Å²) in [6, 6.07) is 0. The van der Waals surface area contributed by atoms with Crippen molar-refractivity contribution in [3.63, 3.8) is 0 Å². The van der Waals surface area contributed by atoms with Gasteiger partial charge in [-0.3, -0.25) is 4.58 Å². The maximum Gasteiger partial charge on any atom is 0.309 e. The van der Waals surface area contributed by atoms with Crippen LogP contribution >= 0.6 is 0 Å². The van der Waals surface area contributed by atoms with Gasteiger partial charge in [0, 0.05) is 12.8 Å². The van der Waals surface area contributed by atoms with Crippen molar-refractivity contribution in [1.82, 2.24) is 4.90 Å². The van der Waals surface area contributed by atoms with Crippen molar-refractivity contribution in [2.24, 2.45) is 0 Å². The van der Waals surface area contributed by atoms with E-state index in [0.29, 0.717) is 5.91 Å². The van der Waals surface area contributed by atoms with Crippen molar-refractivity contribution >= 4 is 11.7 Å². The lowest BCUT2D eigenvalue weighted by atomic mass is 10.1. The van der Waals surface area contributed by atoms with E-state index in [2.05, 4.69) is 37.5 Å². The Morgan fingerprint density at radius 2 is 1.43 bits per heavy atom. The third-order valence-corrected chi connectivity index (χ3v) is 5.92. The first kappa shape index (κ1) is 24.9. The minimum absolute atomic E-state index is 0.338. The van der Waals surface area contributed by atoms with Crippen LogP contribution in [-0.2, 0) is 4.79 Å². The second-order valence-electron chi connectivity index (χ2n) is 8.23. The van der Waals surface area contributed by atoms with Gasteiger partial charge in [0.05, 0.1) is 6.54 Å². The van der Waals surface area contributed by atoms with Crippen molar-refractivity contribution < 1.29 is 9.37 Å². The van der Waals surface area contributed by atoms with Crippen LogP contribution in [-0.4, -0.2) is 40.9 Å². The molecule has 0 radical (unpaired) electrons. The van der Waals surface area contributed by atoms with E-state index in [1.807, 2.05) is 4.90 Å². The summed E-state index contributed by atoms with van der Waals surface area (Å²) in [6.45, 7) is 9.52. The predicted octanol–water partition coefficient (Wildman–Crippen LogP) is 6.71. The van der Waals surface area contributed by atoms with E-state index < -0.39 is 0 Å². The first-order valence-corrected chi connectivity index (χ1v) is 12.3. The highest BCUT2D eigenvalue weighted by molar-refractivity contribution is 5.96. The minimum atomic E-state index is 0.338. The fourth-order valence-electron chi connectivity index (χ4n) is 4.16. The summed E-state index contributed by atoms with van der Waals surface area (Å²) in [4.78, 5) is 14.5. The summed E-state index contributed by atoms with van der Waals surface area (Å²) in [7, 11) is 0. The SMILES string of the molecule is CCCCCCCCC=CCCCCCCCC(=O)N1CC[N+](CC)=C1CC. The number of amides is 1. The second-order valence-corrected chi connectivity index (χ2v) is 8.23. The van der Waals surface area contributed by atoms with Crippen LogP contribution in [0.25, 0.3) is 0 Å². The van der Waals surface area contributed by atoms with E-state index >= 15 is 0 Å². The molecule has 0 atom stereocenters. The van der Waals surface area contributed by atoms with E-state index in [0.717, 1.165) is 38.9 Å². The predicted molar refractivity (Wildman–Crippen MR) is 122 cm³/mol. The Morgan fingerprint density at radius 3 is 2.00 bits per heavy atom. The molecule has 0 unspecified atom stereocenters. The van der Waals surface area contributed by atoms with Crippen LogP contribution in [0.15, 0.2) is 12.2 Å². The Bertz CT molecular complexity index is 467. The number of nitrogens with zero attached hydrogens (tertiary/aromatic N) is 2. The van der Waals surface area contributed by atoms with E-state index in [9.17, 15) is 4.79 Å². The third-order valence-electron chi connectivity index (χ3n) is 5.92. The molecule has 1 aliphatic heterocycles. The first-order chi connectivity index (χ1) is 13.7. The van der Waals surface area contributed by atoms with Crippen molar-refractivity contribution in [2.75, 3.05) is 19.6 Å². The highest BCUT2D eigenvalue weighted by atomic mass is 16.2. The standard InChI is InChI=1S/C25H47N2O/c1-4-7-8-9-10-11-12-13-14-15-16-17-18-19-20-21-25(28)27-23-22-26(6-3)24(27)5-2/h13-14H,4-12,15-23H2,1-3H3/q+1. The summed E-state index contributed by atoms with van der Waals surface area (Å²) in [5.41, 5.74) is 0. The number of hydrogen-bond donors (Lipinski definition) is 0. The van der Waals surface area contributed by atoms with E-state index in [4.69, 9.17) is 0 Å². The Morgan fingerprint density at radius 1 is 0.857 bits per heavy atom. The summed E-state index contributed by atoms with van der Waals surface area (Å²) in [6.07, 6.45) is 23.4. The van der Waals surface area contributed by atoms with E-state index in [1.165, 1.54) is 82.9 Å². The molecule has 162 valence electrons. The molecule has 0 saturated heterocycles. The molecule has 0 saturated carbocycles. The molecular formula is C25H47N2O+. The van der Waals surface area contributed by atoms with Crippen LogP contribution in [0.5, 0.6) is 0 Å². The van der Waals surface area contributed by atoms with Gasteiger partial charge in [0.25, 0.3) is 5.84 Å². The molecule has 1 amide bonds. The number of hydrogen-bond acceptors (Lipinski definition) is 1. The molecule has 0 N–H and O–H groups in total. The quantitative estimate of drug-likeness (QED) is 0.154. The van der Waals surface area contributed by atoms with Crippen LogP contribution in [0.4, 0.5) is 0 Å². The maximum atomic E-state index is 12.5. The fourth-order valence-corrected chi connectivity index (χ4v) is 4.16. The minimum Gasteiger partial charge on any atom is -0.262 e. The van der Waals surface area contributed by atoms with Gasteiger partial charge in [-0.05, 0) is 39.0 Å². The highest BCUT2D eigenvalue weighted by Crippen LogP contribution is 2.13. The number of rotatable bonds is 17. The summed E-state index contributed by atoms with van der Waals surface area (Å²) >= 11 is 0. The third kappa shape index (κ3) is 10.4. The molecule has 0 aromatic rings. The Balaban J connectivity index is 1.94. The molecule has 0 aromatic carbocycles. The Labute approximate surface area is 175 Å². The van der Waals surface area contributed by atoms with Crippen LogP contribution in [0.1, 0.15) is 117 Å². The lowest BCUT2D eigenvalue weighted by Crippen LogP contribution is -2.34. The number of carbonyl (C=O) groups excluding carboxylic acids is 1. The molecule has 0 bridgehead atoms. The largest absolute Gasteiger partial charge is 0.309 e. The van der Waals surface area contributed by atoms with Crippen LogP contribution < -0.4 is 0 Å². The molecule has 0 fully saturated rings. The zero-order chi connectivity index (χ0) is 20.5. The van der Waals surface area contributed by atoms with Crippen molar-refractivity contribution in [1.29, 1.82) is 0 Å². The Hall–Kier alpha value is -1.12. The fraction of sp³-hybridized carbons (Fsp3) is 0.840. The van der Waals surface area contributed by atoms with E-state index in [1.54, 1.807) is 0 Å². The lowest BCUT2D eigenvalue weighted by Gasteiger charge is -2.10.